The van der Waals surface area contributed by atoms with Crippen LogP contribution >= 0.6 is 0 Å². The molecule has 0 radical (unpaired) electrons. The SMILES string of the molecule is CC/C=C\C/C=C\C/C=C\C/C=C\C/C=C\C/C=C\CCCCC(=O)OC(COC(=O)CCCCCCCCC/C=C\C/C=C\C/C=C\C/C=C\C/C=C\CC)COC(=O)CCCCCCCCC/C=C\CCCCCCCC. The van der Waals surface area contributed by atoms with Gasteiger partial charge in [-0.3, -0.25) is 14.4 Å². The molecule has 0 aromatic heterocycles. The summed E-state index contributed by atoms with van der Waals surface area (Å²) in [6, 6.07) is 0. The third-order valence-electron chi connectivity index (χ3n) is 13.3. The lowest BCUT2D eigenvalue weighted by Crippen LogP contribution is -2.30. The van der Waals surface area contributed by atoms with Crippen LogP contribution in [-0.2, 0) is 28.6 Å². The molecule has 446 valence electrons. The topological polar surface area (TPSA) is 78.9 Å². The fourth-order valence-electron chi connectivity index (χ4n) is 8.53. The van der Waals surface area contributed by atoms with Crippen molar-refractivity contribution >= 4 is 17.9 Å². The molecule has 0 saturated carbocycles. The van der Waals surface area contributed by atoms with Crippen molar-refractivity contribution in [1.82, 2.24) is 0 Å². The van der Waals surface area contributed by atoms with Crippen LogP contribution in [0.5, 0.6) is 0 Å². The molecule has 0 fully saturated rings. The highest BCUT2D eigenvalue weighted by molar-refractivity contribution is 5.71. The minimum atomic E-state index is -0.816. The number of allylic oxidation sites excluding steroid dienone is 24. The summed E-state index contributed by atoms with van der Waals surface area (Å²) in [5.41, 5.74) is 0. The molecule has 0 aliphatic heterocycles. The van der Waals surface area contributed by atoms with Gasteiger partial charge < -0.3 is 14.2 Å². The van der Waals surface area contributed by atoms with Crippen molar-refractivity contribution in [3.05, 3.63) is 146 Å². The summed E-state index contributed by atoms with van der Waals surface area (Å²) in [5.74, 6) is -0.965. The lowest BCUT2D eigenvalue weighted by atomic mass is 10.1. The van der Waals surface area contributed by atoms with Crippen molar-refractivity contribution in [3.63, 3.8) is 0 Å². The molecule has 1 unspecified atom stereocenters. The average Bonchev–Trinajstić information content (AvgIpc) is 3.45. The van der Waals surface area contributed by atoms with Gasteiger partial charge in [-0.15, -0.1) is 0 Å². The lowest BCUT2D eigenvalue weighted by Gasteiger charge is -2.18. The van der Waals surface area contributed by atoms with Crippen LogP contribution in [0, 0.1) is 0 Å². The predicted octanol–water partition coefficient (Wildman–Crippen LogP) is 22.3. The van der Waals surface area contributed by atoms with Crippen LogP contribution in [0.3, 0.4) is 0 Å². The van der Waals surface area contributed by atoms with Crippen molar-refractivity contribution in [2.45, 2.75) is 284 Å². The van der Waals surface area contributed by atoms with Gasteiger partial charge in [-0.25, -0.2) is 0 Å². The number of rotatable bonds is 57. The zero-order chi connectivity index (χ0) is 57.1. The predicted molar refractivity (Wildman–Crippen MR) is 343 cm³/mol. The van der Waals surface area contributed by atoms with Crippen LogP contribution in [0.25, 0.3) is 0 Å². The maximum atomic E-state index is 12.9. The largest absolute Gasteiger partial charge is 0.462 e. The number of carbonyl (C=O) groups is 3. The highest BCUT2D eigenvalue weighted by Crippen LogP contribution is 2.14. The van der Waals surface area contributed by atoms with Gasteiger partial charge in [0.25, 0.3) is 0 Å². The highest BCUT2D eigenvalue weighted by atomic mass is 16.6. The standard InChI is InChI=1S/C73H118O6/c1-4-7-10-13-16-19-22-25-28-31-33-35-36-38-39-42-45-48-51-54-57-60-63-66-72(75)78-69-70(68-77-71(74)65-62-59-56-53-50-47-44-41-30-27-24-21-18-15-12-9-6-3)79-73(76)67-64-61-58-55-52-49-46-43-40-37-34-32-29-26-23-20-17-14-11-8-5-2/h7-8,10-11,16-17,19-20,25-30,33-35,37-39,43,46,52,55,70H,4-6,9,12-15,18,21-24,31-32,36,40-42,44-45,47-51,53-54,56-69H2,1-3H3/b10-7-,11-8-,19-16-,20-17-,28-25-,29-26-,30-27-,35-33-,37-34-,39-38-,46-43-,55-52-. The summed E-state index contributed by atoms with van der Waals surface area (Å²) >= 11 is 0. The van der Waals surface area contributed by atoms with Crippen LogP contribution in [0.4, 0.5) is 0 Å². The third-order valence-corrected chi connectivity index (χ3v) is 13.3. The minimum absolute atomic E-state index is 0.106. The van der Waals surface area contributed by atoms with E-state index in [9.17, 15) is 14.4 Å². The van der Waals surface area contributed by atoms with E-state index in [-0.39, 0.29) is 37.5 Å². The smallest absolute Gasteiger partial charge is 0.306 e. The van der Waals surface area contributed by atoms with E-state index in [4.69, 9.17) is 14.2 Å². The van der Waals surface area contributed by atoms with Crippen molar-refractivity contribution in [2.75, 3.05) is 13.2 Å². The van der Waals surface area contributed by atoms with Gasteiger partial charge in [0.05, 0.1) is 0 Å². The molecule has 0 aliphatic carbocycles. The molecule has 0 aromatic rings. The van der Waals surface area contributed by atoms with E-state index in [2.05, 4.69) is 167 Å². The first kappa shape index (κ1) is 74.3. The first-order valence-corrected chi connectivity index (χ1v) is 32.3. The molecule has 1 atom stereocenters. The van der Waals surface area contributed by atoms with E-state index in [1.807, 2.05) is 0 Å². The van der Waals surface area contributed by atoms with Crippen LogP contribution in [0.2, 0.25) is 0 Å². The molecule has 0 bridgehead atoms. The molecule has 0 aromatic carbocycles. The number of hydrogen-bond acceptors (Lipinski definition) is 6. The Morgan fingerprint density at radius 2 is 0.494 bits per heavy atom. The Morgan fingerprint density at radius 1 is 0.266 bits per heavy atom. The Labute approximate surface area is 487 Å². The van der Waals surface area contributed by atoms with E-state index in [0.717, 1.165) is 128 Å². The van der Waals surface area contributed by atoms with Crippen molar-refractivity contribution < 1.29 is 28.6 Å². The molecule has 0 aliphatic rings. The summed E-state index contributed by atoms with van der Waals surface area (Å²) in [6.07, 6.45) is 94.2. The molecule has 0 rings (SSSR count). The maximum absolute atomic E-state index is 12.9. The Kier molecular flexibility index (Phi) is 61.9. The number of esters is 3. The van der Waals surface area contributed by atoms with Crippen molar-refractivity contribution in [3.8, 4) is 0 Å². The lowest BCUT2D eigenvalue weighted by molar-refractivity contribution is -0.167. The van der Waals surface area contributed by atoms with E-state index in [1.54, 1.807) is 0 Å². The van der Waals surface area contributed by atoms with Gasteiger partial charge in [0.15, 0.2) is 6.10 Å². The van der Waals surface area contributed by atoms with Crippen LogP contribution in [0.1, 0.15) is 278 Å². The van der Waals surface area contributed by atoms with E-state index >= 15 is 0 Å². The van der Waals surface area contributed by atoms with Gasteiger partial charge in [-0.05, 0) is 141 Å². The zero-order valence-electron chi connectivity index (χ0n) is 51.1. The minimum Gasteiger partial charge on any atom is -0.462 e. The monoisotopic (exact) mass is 1090 g/mol. The van der Waals surface area contributed by atoms with Gasteiger partial charge in [0, 0.05) is 19.3 Å². The molecule has 0 spiro atoms. The fraction of sp³-hybridized carbons (Fsp3) is 0.630. The number of unbranched alkanes of at least 4 members (excludes halogenated alkanes) is 22. The van der Waals surface area contributed by atoms with Crippen molar-refractivity contribution in [1.29, 1.82) is 0 Å². The Morgan fingerprint density at radius 3 is 0.810 bits per heavy atom. The van der Waals surface area contributed by atoms with Gasteiger partial charge in [-0.2, -0.15) is 0 Å². The Balaban J connectivity index is 4.51. The summed E-state index contributed by atoms with van der Waals surface area (Å²) in [5, 5.41) is 0. The van der Waals surface area contributed by atoms with E-state index < -0.39 is 6.10 Å². The summed E-state index contributed by atoms with van der Waals surface area (Å²) in [6.45, 7) is 6.37. The van der Waals surface area contributed by atoms with Gasteiger partial charge in [0.2, 0.25) is 0 Å². The molecule has 0 amide bonds. The summed E-state index contributed by atoms with van der Waals surface area (Å²) < 4.78 is 16.9. The third kappa shape index (κ3) is 64.0. The zero-order valence-corrected chi connectivity index (χ0v) is 51.1. The van der Waals surface area contributed by atoms with E-state index in [0.29, 0.717) is 19.3 Å². The molecule has 0 N–H and O–H groups in total. The van der Waals surface area contributed by atoms with Crippen molar-refractivity contribution in [2.24, 2.45) is 0 Å². The molecule has 0 saturated heterocycles. The first-order valence-electron chi connectivity index (χ1n) is 32.3. The van der Waals surface area contributed by atoms with E-state index in [1.165, 1.54) is 103 Å². The number of ether oxygens (including phenoxy) is 3. The number of carbonyl (C=O) groups excluding carboxylic acids is 3. The van der Waals surface area contributed by atoms with Crippen LogP contribution < -0.4 is 0 Å². The molecule has 6 nitrogen and oxygen atoms in total. The Bertz CT molecular complexity index is 1730. The second-order valence-corrected chi connectivity index (χ2v) is 20.9. The molecule has 0 heterocycles. The fourth-order valence-corrected chi connectivity index (χ4v) is 8.53. The summed E-state index contributed by atoms with van der Waals surface area (Å²) in [7, 11) is 0. The van der Waals surface area contributed by atoms with Crippen LogP contribution in [0.15, 0.2) is 146 Å². The molecule has 79 heavy (non-hydrogen) atoms. The number of hydrogen-bond donors (Lipinski definition) is 0. The average molecular weight is 1090 g/mol. The second kappa shape index (κ2) is 65.8. The highest BCUT2D eigenvalue weighted by Gasteiger charge is 2.19. The second-order valence-electron chi connectivity index (χ2n) is 20.9. The maximum Gasteiger partial charge on any atom is 0.306 e. The van der Waals surface area contributed by atoms with Crippen LogP contribution in [-0.4, -0.2) is 37.2 Å². The molecular formula is C73H118O6. The summed E-state index contributed by atoms with van der Waals surface area (Å²) in [4.78, 5) is 38.4. The van der Waals surface area contributed by atoms with Gasteiger partial charge in [0.1, 0.15) is 13.2 Å². The van der Waals surface area contributed by atoms with Gasteiger partial charge >= 0.3 is 17.9 Å². The molecular weight excluding hydrogens is 973 g/mol. The molecule has 6 heteroatoms. The normalized spacial score (nSPS) is 13.1. The Hall–Kier alpha value is -4.71. The first-order chi connectivity index (χ1) is 39.0. The van der Waals surface area contributed by atoms with Gasteiger partial charge in [-0.1, -0.05) is 263 Å². The quantitative estimate of drug-likeness (QED) is 0.0261.